The topological polar surface area (TPSA) is 3.01 Å². The summed E-state index contributed by atoms with van der Waals surface area (Å²) in [4.78, 5) is 0. The third-order valence-corrected chi connectivity index (χ3v) is 3.35. The number of benzene rings is 1. The third-order valence-electron chi connectivity index (χ3n) is 3.35. The highest BCUT2D eigenvalue weighted by molar-refractivity contribution is 5.93. The number of nitrogens with zero attached hydrogens (tertiary/aromatic N) is 1. The lowest BCUT2D eigenvalue weighted by atomic mass is 9.82. The van der Waals surface area contributed by atoms with E-state index in [0.29, 0.717) is 0 Å². The molecule has 0 aliphatic carbocycles. The van der Waals surface area contributed by atoms with Gasteiger partial charge in [0.1, 0.15) is 7.05 Å². The highest BCUT2D eigenvalue weighted by Crippen LogP contribution is 2.38. The number of halogens is 1. The molecule has 0 fully saturated rings. The van der Waals surface area contributed by atoms with E-state index in [1.165, 1.54) is 17.0 Å². The summed E-state index contributed by atoms with van der Waals surface area (Å²) in [7, 11) is 2.14. The first-order valence-corrected chi connectivity index (χ1v) is 4.72. The SMILES string of the molecule is CC1=[N+](C)c2ccccc2C1(C)C.[Br-]. The fourth-order valence-corrected chi connectivity index (χ4v) is 2.09. The average molecular weight is 254 g/mol. The van der Waals surface area contributed by atoms with Crippen molar-refractivity contribution in [2.75, 3.05) is 7.05 Å². The van der Waals surface area contributed by atoms with Crippen molar-refractivity contribution < 1.29 is 21.6 Å². The van der Waals surface area contributed by atoms with Crippen LogP contribution in [-0.2, 0) is 5.41 Å². The predicted molar refractivity (Wildman–Crippen MR) is 56.0 cm³/mol. The molecule has 76 valence electrons. The zero-order valence-corrected chi connectivity index (χ0v) is 10.7. The first-order chi connectivity index (χ1) is 6.05. The third kappa shape index (κ3) is 1.33. The van der Waals surface area contributed by atoms with Crippen LogP contribution in [0.15, 0.2) is 24.3 Å². The Balaban J connectivity index is 0.000000980. The highest BCUT2D eigenvalue weighted by Gasteiger charge is 2.40. The van der Waals surface area contributed by atoms with Gasteiger partial charge in [0.15, 0.2) is 5.71 Å². The van der Waals surface area contributed by atoms with Gasteiger partial charge in [0, 0.05) is 18.6 Å². The summed E-state index contributed by atoms with van der Waals surface area (Å²) in [5, 5.41) is 0. The van der Waals surface area contributed by atoms with E-state index in [1.807, 2.05) is 0 Å². The van der Waals surface area contributed by atoms with Crippen molar-refractivity contribution in [2.45, 2.75) is 26.2 Å². The van der Waals surface area contributed by atoms with E-state index in [4.69, 9.17) is 0 Å². The van der Waals surface area contributed by atoms with E-state index in [1.54, 1.807) is 0 Å². The van der Waals surface area contributed by atoms with Crippen LogP contribution in [0, 0.1) is 0 Å². The van der Waals surface area contributed by atoms with Gasteiger partial charge in [-0.1, -0.05) is 18.2 Å². The summed E-state index contributed by atoms with van der Waals surface area (Å²) in [5.41, 5.74) is 4.42. The average Bonchev–Trinajstić information content (AvgIpc) is 2.30. The van der Waals surface area contributed by atoms with Crippen molar-refractivity contribution in [3.63, 3.8) is 0 Å². The van der Waals surface area contributed by atoms with Gasteiger partial charge in [0.25, 0.3) is 0 Å². The fraction of sp³-hybridized carbons (Fsp3) is 0.417. The van der Waals surface area contributed by atoms with E-state index in [0.717, 1.165) is 0 Å². The van der Waals surface area contributed by atoms with Gasteiger partial charge in [-0.05, 0) is 13.8 Å². The van der Waals surface area contributed by atoms with Gasteiger partial charge in [-0.25, -0.2) is 4.58 Å². The highest BCUT2D eigenvalue weighted by atomic mass is 79.9. The van der Waals surface area contributed by atoms with Crippen molar-refractivity contribution in [2.24, 2.45) is 0 Å². The van der Waals surface area contributed by atoms with Crippen molar-refractivity contribution in [3.05, 3.63) is 29.8 Å². The molecular formula is C12H16BrN. The molecule has 0 radical (unpaired) electrons. The van der Waals surface area contributed by atoms with Crippen molar-refractivity contribution in [1.82, 2.24) is 0 Å². The molecule has 1 heterocycles. The van der Waals surface area contributed by atoms with Crippen LogP contribution in [0.4, 0.5) is 5.69 Å². The van der Waals surface area contributed by atoms with Gasteiger partial charge in [-0.3, -0.25) is 0 Å². The minimum Gasteiger partial charge on any atom is -1.00 e. The Morgan fingerprint density at radius 1 is 1.14 bits per heavy atom. The molecule has 1 aliphatic rings. The molecule has 1 aromatic carbocycles. The fourth-order valence-electron chi connectivity index (χ4n) is 2.09. The summed E-state index contributed by atoms with van der Waals surface area (Å²) < 4.78 is 2.29. The molecule has 1 aliphatic heterocycles. The summed E-state index contributed by atoms with van der Waals surface area (Å²) in [5.74, 6) is 0. The van der Waals surface area contributed by atoms with E-state index < -0.39 is 0 Å². The summed E-state index contributed by atoms with van der Waals surface area (Å²) >= 11 is 0. The van der Waals surface area contributed by atoms with Crippen LogP contribution >= 0.6 is 0 Å². The molecule has 0 saturated heterocycles. The molecule has 0 unspecified atom stereocenters. The quantitative estimate of drug-likeness (QED) is 0.560. The molecule has 0 spiro atoms. The molecular weight excluding hydrogens is 238 g/mol. The summed E-state index contributed by atoms with van der Waals surface area (Å²) in [6.45, 7) is 6.77. The molecule has 0 amide bonds. The molecule has 14 heavy (non-hydrogen) atoms. The molecule has 0 aromatic heterocycles. The Labute approximate surface area is 96.2 Å². The van der Waals surface area contributed by atoms with Gasteiger partial charge >= 0.3 is 0 Å². The van der Waals surface area contributed by atoms with E-state index in [2.05, 4.69) is 56.7 Å². The lowest BCUT2D eigenvalue weighted by molar-refractivity contribution is -0.403. The van der Waals surface area contributed by atoms with E-state index in [-0.39, 0.29) is 22.4 Å². The van der Waals surface area contributed by atoms with Crippen LogP contribution in [0.25, 0.3) is 0 Å². The molecule has 1 nitrogen and oxygen atoms in total. The molecule has 0 atom stereocenters. The maximum absolute atomic E-state index is 2.29. The summed E-state index contributed by atoms with van der Waals surface area (Å²) in [6, 6.07) is 8.63. The minimum absolute atomic E-state index is 0. The standard InChI is InChI=1S/C12H16N.BrH/c1-9-12(2,3)10-7-5-6-8-11(10)13(9)4;/h5-8H,1-4H3;1H/q+1;/p-1. The van der Waals surface area contributed by atoms with Crippen LogP contribution in [0.5, 0.6) is 0 Å². The minimum atomic E-state index is 0. The second-order valence-corrected chi connectivity index (χ2v) is 4.29. The Morgan fingerprint density at radius 3 is 2.29 bits per heavy atom. The zero-order valence-electron chi connectivity index (χ0n) is 9.13. The lowest BCUT2D eigenvalue weighted by Crippen LogP contribution is -3.00. The Bertz CT molecular complexity index is 391. The lowest BCUT2D eigenvalue weighted by Gasteiger charge is -2.14. The monoisotopic (exact) mass is 253 g/mol. The smallest absolute Gasteiger partial charge is 0.209 e. The molecule has 0 N–H and O–H groups in total. The Kier molecular flexibility index (Phi) is 2.86. The molecule has 0 bridgehead atoms. The van der Waals surface area contributed by atoms with Gasteiger partial charge in [0.2, 0.25) is 5.69 Å². The summed E-state index contributed by atoms with van der Waals surface area (Å²) in [6.07, 6.45) is 0. The maximum atomic E-state index is 2.29. The number of para-hydroxylation sites is 1. The second-order valence-electron chi connectivity index (χ2n) is 4.29. The first-order valence-electron chi connectivity index (χ1n) is 4.72. The van der Waals surface area contributed by atoms with Crippen molar-refractivity contribution in [1.29, 1.82) is 0 Å². The number of hydrogen-bond donors (Lipinski definition) is 0. The number of fused-ring (bicyclic) bond motifs is 1. The molecule has 1 aromatic rings. The molecule has 2 heteroatoms. The molecule has 0 saturated carbocycles. The maximum Gasteiger partial charge on any atom is 0.209 e. The largest absolute Gasteiger partial charge is 1.00 e. The van der Waals surface area contributed by atoms with Crippen LogP contribution < -0.4 is 17.0 Å². The van der Waals surface area contributed by atoms with Crippen LogP contribution in [-0.4, -0.2) is 17.3 Å². The number of rotatable bonds is 0. The van der Waals surface area contributed by atoms with E-state index >= 15 is 0 Å². The van der Waals surface area contributed by atoms with Gasteiger partial charge in [-0.2, -0.15) is 0 Å². The Morgan fingerprint density at radius 2 is 1.71 bits per heavy atom. The second kappa shape index (κ2) is 3.50. The first kappa shape index (κ1) is 11.4. The van der Waals surface area contributed by atoms with Crippen molar-refractivity contribution in [3.8, 4) is 0 Å². The molecule has 2 rings (SSSR count). The van der Waals surface area contributed by atoms with Crippen LogP contribution in [0.1, 0.15) is 26.3 Å². The Hall–Kier alpha value is -0.630. The van der Waals surface area contributed by atoms with Crippen molar-refractivity contribution >= 4 is 11.4 Å². The van der Waals surface area contributed by atoms with Gasteiger partial charge in [0.05, 0.1) is 5.41 Å². The van der Waals surface area contributed by atoms with Crippen LogP contribution in [0.2, 0.25) is 0 Å². The van der Waals surface area contributed by atoms with Crippen LogP contribution in [0.3, 0.4) is 0 Å². The van der Waals surface area contributed by atoms with Gasteiger partial charge in [-0.15, -0.1) is 0 Å². The van der Waals surface area contributed by atoms with Gasteiger partial charge < -0.3 is 17.0 Å². The zero-order chi connectivity index (χ0) is 9.64. The van der Waals surface area contributed by atoms with E-state index in [9.17, 15) is 0 Å². The predicted octanol–water partition coefficient (Wildman–Crippen LogP) is -0.283. The number of hydrogen-bond acceptors (Lipinski definition) is 0. The normalized spacial score (nSPS) is 17.7.